The molecule has 0 bridgehead atoms. The first kappa shape index (κ1) is 13.2. The molecule has 0 amide bonds. The van der Waals surface area contributed by atoms with Gasteiger partial charge in [-0.25, -0.2) is 4.98 Å². The van der Waals surface area contributed by atoms with E-state index in [2.05, 4.69) is 42.1 Å². The molecule has 0 aliphatic rings. The molecule has 0 aliphatic carbocycles. The normalized spacial score (nSPS) is 12.6. The average molecular weight is 261 g/mol. The van der Waals surface area contributed by atoms with Crippen LogP contribution in [0.1, 0.15) is 36.8 Å². The van der Waals surface area contributed by atoms with Crippen LogP contribution in [0.5, 0.6) is 0 Å². The smallest absolute Gasteiger partial charge is 0.142 e. The second-order valence-electron chi connectivity index (χ2n) is 4.46. The molecule has 0 spiro atoms. The second-order valence-corrected chi connectivity index (χ2v) is 5.52. The van der Waals surface area contributed by atoms with Crippen LogP contribution in [0.15, 0.2) is 24.5 Å². The second kappa shape index (κ2) is 6.07. The van der Waals surface area contributed by atoms with Gasteiger partial charge in [0.1, 0.15) is 5.01 Å². The van der Waals surface area contributed by atoms with Gasteiger partial charge in [-0.15, -0.1) is 11.3 Å². The van der Waals surface area contributed by atoms with Crippen LogP contribution in [0.2, 0.25) is 0 Å². The van der Waals surface area contributed by atoms with Crippen molar-refractivity contribution in [3.05, 3.63) is 35.0 Å². The van der Waals surface area contributed by atoms with Crippen LogP contribution in [-0.4, -0.2) is 16.5 Å². The Hall–Kier alpha value is -1.26. The molecular weight excluding hydrogens is 242 g/mol. The summed E-state index contributed by atoms with van der Waals surface area (Å²) in [7, 11) is 0. The lowest BCUT2D eigenvalue weighted by molar-refractivity contribution is 0.577. The standard InChI is InChI=1S/C14H19N3S/c1-4-6-15-11(3)13-9-17-14(18-13)12-8-10(2)5-7-16-12/h5,7-9,11,15H,4,6H2,1-3H3. The van der Waals surface area contributed by atoms with E-state index in [9.17, 15) is 0 Å². The van der Waals surface area contributed by atoms with Crippen molar-refractivity contribution in [3.8, 4) is 10.7 Å². The van der Waals surface area contributed by atoms with Crippen LogP contribution in [-0.2, 0) is 0 Å². The van der Waals surface area contributed by atoms with E-state index in [-0.39, 0.29) is 0 Å². The quantitative estimate of drug-likeness (QED) is 0.894. The Kier molecular flexibility index (Phi) is 4.44. The number of nitrogens with one attached hydrogen (secondary N) is 1. The van der Waals surface area contributed by atoms with Gasteiger partial charge in [0.05, 0.1) is 5.69 Å². The molecule has 0 fully saturated rings. The van der Waals surface area contributed by atoms with Gasteiger partial charge in [-0.05, 0) is 44.5 Å². The van der Waals surface area contributed by atoms with Crippen molar-refractivity contribution in [2.75, 3.05) is 6.54 Å². The summed E-state index contributed by atoms with van der Waals surface area (Å²) in [5.41, 5.74) is 2.18. The molecule has 0 aromatic carbocycles. The highest BCUT2D eigenvalue weighted by atomic mass is 32.1. The number of pyridine rings is 1. The molecule has 18 heavy (non-hydrogen) atoms. The molecule has 2 aromatic heterocycles. The maximum absolute atomic E-state index is 4.47. The highest BCUT2D eigenvalue weighted by Gasteiger charge is 2.10. The summed E-state index contributed by atoms with van der Waals surface area (Å²) in [6, 6.07) is 4.44. The van der Waals surface area contributed by atoms with Crippen molar-refractivity contribution in [2.45, 2.75) is 33.2 Å². The van der Waals surface area contributed by atoms with Gasteiger partial charge in [0.15, 0.2) is 0 Å². The van der Waals surface area contributed by atoms with E-state index in [0.29, 0.717) is 6.04 Å². The SMILES string of the molecule is CCCNC(C)c1cnc(-c2cc(C)ccn2)s1. The van der Waals surface area contributed by atoms with Gasteiger partial charge in [-0.1, -0.05) is 6.92 Å². The monoisotopic (exact) mass is 261 g/mol. The highest BCUT2D eigenvalue weighted by Crippen LogP contribution is 2.27. The van der Waals surface area contributed by atoms with Crippen LogP contribution in [0, 0.1) is 6.92 Å². The van der Waals surface area contributed by atoms with Gasteiger partial charge < -0.3 is 5.32 Å². The van der Waals surface area contributed by atoms with Crippen LogP contribution in [0.3, 0.4) is 0 Å². The van der Waals surface area contributed by atoms with Gasteiger partial charge in [0, 0.05) is 23.3 Å². The van der Waals surface area contributed by atoms with E-state index in [0.717, 1.165) is 23.7 Å². The molecule has 4 heteroatoms. The Morgan fingerprint density at radius 2 is 2.22 bits per heavy atom. The molecule has 2 aromatic rings. The molecule has 3 nitrogen and oxygen atoms in total. The summed E-state index contributed by atoms with van der Waals surface area (Å²) in [6.45, 7) is 7.47. The number of nitrogens with zero attached hydrogens (tertiary/aromatic N) is 2. The van der Waals surface area contributed by atoms with E-state index in [4.69, 9.17) is 0 Å². The number of thiazole rings is 1. The third-order valence-corrected chi connectivity index (χ3v) is 3.99. The molecule has 2 heterocycles. The summed E-state index contributed by atoms with van der Waals surface area (Å²) in [4.78, 5) is 10.1. The molecule has 0 aliphatic heterocycles. The third-order valence-electron chi connectivity index (χ3n) is 2.79. The van der Waals surface area contributed by atoms with Crippen LogP contribution in [0.25, 0.3) is 10.7 Å². The number of aryl methyl sites for hydroxylation is 1. The van der Waals surface area contributed by atoms with Gasteiger partial charge in [-0.2, -0.15) is 0 Å². The van der Waals surface area contributed by atoms with Crippen LogP contribution in [0.4, 0.5) is 0 Å². The molecule has 1 atom stereocenters. The number of aromatic nitrogens is 2. The fourth-order valence-corrected chi connectivity index (χ4v) is 2.63. The average Bonchev–Trinajstić information content (AvgIpc) is 2.85. The maximum atomic E-state index is 4.47. The van der Waals surface area contributed by atoms with E-state index >= 15 is 0 Å². The van der Waals surface area contributed by atoms with Crippen molar-refractivity contribution in [1.82, 2.24) is 15.3 Å². The van der Waals surface area contributed by atoms with Crippen molar-refractivity contribution in [2.24, 2.45) is 0 Å². The summed E-state index contributed by atoms with van der Waals surface area (Å²) in [5, 5.41) is 4.47. The zero-order chi connectivity index (χ0) is 13.0. The molecule has 0 saturated heterocycles. The largest absolute Gasteiger partial charge is 0.309 e. The molecular formula is C14H19N3S. The lowest BCUT2D eigenvalue weighted by Gasteiger charge is -2.09. The van der Waals surface area contributed by atoms with Gasteiger partial charge in [-0.3, -0.25) is 4.98 Å². The van der Waals surface area contributed by atoms with E-state index in [1.807, 2.05) is 18.5 Å². The summed E-state index contributed by atoms with van der Waals surface area (Å²) in [6.07, 6.45) is 4.94. The molecule has 1 unspecified atom stereocenters. The predicted molar refractivity (Wildman–Crippen MR) is 76.8 cm³/mol. The Morgan fingerprint density at radius 3 is 2.94 bits per heavy atom. The first-order valence-corrected chi connectivity index (χ1v) is 7.14. The van der Waals surface area contributed by atoms with Crippen molar-refractivity contribution < 1.29 is 0 Å². The minimum atomic E-state index is 0.362. The first-order chi connectivity index (χ1) is 8.70. The number of hydrogen-bond acceptors (Lipinski definition) is 4. The molecule has 0 saturated carbocycles. The topological polar surface area (TPSA) is 37.8 Å². The van der Waals surface area contributed by atoms with E-state index in [1.165, 1.54) is 10.4 Å². The van der Waals surface area contributed by atoms with Crippen molar-refractivity contribution in [3.63, 3.8) is 0 Å². The van der Waals surface area contributed by atoms with Crippen molar-refractivity contribution in [1.29, 1.82) is 0 Å². The fourth-order valence-electron chi connectivity index (χ4n) is 1.72. The molecule has 0 radical (unpaired) electrons. The summed E-state index contributed by atoms with van der Waals surface area (Å²) in [5.74, 6) is 0. The predicted octanol–water partition coefficient (Wildman–Crippen LogP) is 3.57. The van der Waals surface area contributed by atoms with Gasteiger partial charge in [0.2, 0.25) is 0 Å². The Morgan fingerprint density at radius 1 is 1.39 bits per heavy atom. The molecule has 1 N–H and O–H groups in total. The van der Waals surface area contributed by atoms with Gasteiger partial charge in [0.25, 0.3) is 0 Å². The Balaban J connectivity index is 2.15. The van der Waals surface area contributed by atoms with Crippen LogP contribution >= 0.6 is 11.3 Å². The summed E-state index contributed by atoms with van der Waals surface area (Å²) < 4.78 is 0. The zero-order valence-corrected chi connectivity index (χ0v) is 11.9. The lowest BCUT2D eigenvalue weighted by atomic mass is 10.2. The minimum absolute atomic E-state index is 0.362. The van der Waals surface area contributed by atoms with Crippen molar-refractivity contribution >= 4 is 11.3 Å². The van der Waals surface area contributed by atoms with E-state index in [1.54, 1.807) is 11.3 Å². The third kappa shape index (κ3) is 3.15. The fraction of sp³-hybridized carbons (Fsp3) is 0.429. The highest BCUT2D eigenvalue weighted by molar-refractivity contribution is 7.15. The molecule has 96 valence electrons. The first-order valence-electron chi connectivity index (χ1n) is 6.33. The summed E-state index contributed by atoms with van der Waals surface area (Å²) >= 11 is 1.72. The Bertz CT molecular complexity index is 507. The zero-order valence-electron chi connectivity index (χ0n) is 11.1. The minimum Gasteiger partial charge on any atom is -0.309 e. The lowest BCUT2D eigenvalue weighted by Crippen LogP contribution is -2.18. The maximum Gasteiger partial charge on any atom is 0.142 e. The number of hydrogen-bond donors (Lipinski definition) is 1. The van der Waals surface area contributed by atoms with Crippen LogP contribution < -0.4 is 5.32 Å². The Labute approximate surface area is 112 Å². The van der Waals surface area contributed by atoms with E-state index < -0.39 is 0 Å². The van der Waals surface area contributed by atoms with Gasteiger partial charge >= 0.3 is 0 Å². The molecule has 2 rings (SSSR count). The number of rotatable bonds is 5.